The van der Waals surface area contributed by atoms with Gasteiger partial charge in [-0.3, -0.25) is 4.98 Å². The quantitative estimate of drug-likeness (QED) is 0.416. The first kappa shape index (κ1) is 27.1. The molecule has 1 unspecified atom stereocenters. The van der Waals surface area contributed by atoms with Crippen molar-refractivity contribution >= 4 is 21.7 Å². The number of piperazine rings is 1. The fraction of sp³-hybridized carbons (Fsp3) is 0.464. The molecule has 11 heteroatoms. The average molecular weight is 553 g/mol. The van der Waals surface area contributed by atoms with E-state index in [1.54, 1.807) is 35.8 Å². The average Bonchev–Trinajstić information content (AvgIpc) is 2.96. The second-order valence-corrected chi connectivity index (χ2v) is 11.9. The Morgan fingerprint density at radius 3 is 2.31 bits per heavy atom. The molecule has 0 N–H and O–H groups in total. The zero-order valence-electron chi connectivity index (χ0n) is 22.8. The van der Waals surface area contributed by atoms with Crippen LogP contribution in [0.25, 0.3) is 0 Å². The van der Waals surface area contributed by atoms with Crippen LogP contribution in [-0.4, -0.2) is 80.2 Å². The molecule has 0 spiro atoms. The van der Waals surface area contributed by atoms with E-state index in [2.05, 4.69) is 24.8 Å². The van der Waals surface area contributed by atoms with Gasteiger partial charge in [-0.2, -0.15) is 9.29 Å². The molecule has 0 amide bonds. The molecular formula is C28H36N6O4S. The molecule has 208 valence electrons. The fourth-order valence-electron chi connectivity index (χ4n) is 5.48. The Morgan fingerprint density at radius 1 is 0.923 bits per heavy atom. The smallest absolute Gasteiger partial charge is 0.243 e. The van der Waals surface area contributed by atoms with Crippen LogP contribution in [0.15, 0.2) is 53.8 Å². The Balaban J connectivity index is 1.25. The summed E-state index contributed by atoms with van der Waals surface area (Å²) in [5.41, 5.74) is 2.53. The Labute approximate surface area is 230 Å². The van der Waals surface area contributed by atoms with Gasteiger partial charge in [0.05, 0.1) is 18.0 Å². The van der Waals surface area contributed by atoms with Crippen LogP contribution in [0.1, 0.15) is 30.4 Å². The minimum absolute atomic E-state index is 0.236. The highest BCUT2D eigenvalue weighted by Gasteiger charge is 2.36. The first-order chi connectivity index (χ1) is 18.9. The molecule has 0 saturated carbocycles. The third kappa shape index (κ3) is 5.94. The van der Waals surface area contributed by atoms with E-state index in [0.29, 0.717) is 40.1 Å². The summed E-state index contributed by atoms with van der Waals surface area (Å²) in [4.78, 5) is 18.0. The molecule has 2 aliphatic rings. The van der Waals surface area contributed by atoms with Gasteiger partial charge in [-0.1, -0.05) is 6.42 Å². The number of methoxy groups -OCH3 is 1. The first-order valence-electron chi connectivity index (χ1n) is 13.4. The van der Waals surface area contributed by atoms with Gasteiger partial charge >= 0.3 is 0 Å². The lowest BCUT2D eigenvalue weighted by molar-refractivity contribution is 0.165. The third-order valence-electron chi connectivity index (χ3n) is 7.44. The van der Waals surface area contributed by atoms with E-state index in [-0.39, 0.29) is 12.6 Å². The minimum Gasteiger partial charge on any atom is -0.497 e. The van der Waals surface area contributed by atoms with Gasteiger partial charge in [0.2, 0.25) is 21.9 Å². The molecule has 39 heavy (non-hydrogen) atoms. The van der Waals surface area contributed by atoms with Gasteiger partial charge in [-0.15, -0.1) is 0 Å². The Morgan fingerprint density at radius 2 is 1.62 bits per heavy atom. The molecule has 2 saturated heterocycles. The second-order valence-electron chi connectivity index (χ2n) is 10.0. The Bertz CT molecular complexity index is 1360. The number of piperidine rings is 1. The van der Waals surface area contributed by atoms with Crippen molar-refractivity contribution in [1.82, 2.24) is 19.3 Å². The summed E-state index contributed by atoms with van der Waals surface area (Å²) in [5.74, 6) is 1.73. The molecule has 10 nitrogen and oxygen atoms in total. The maximum absolute atomic E-state index is 13.8. The molecule has 0 aliphatic carbocycles. The van der Waals surface area contributed by atoms with Crippen LogP contribution in [0, 0.1) is 13.8 Å². The summed E-state index contributed by atoms with van der Waals surface area (Å²) in [7, 11) is -2.12. The predicted molar refractivity (Wildman–Crippen MR) is 150 cm³/mol. The number of ether oxygens (including phenoxy) is 2. The zero-order chi connectivity index (χ0) is 27.4. The van der Waals surface area contributed by atoms with Crippen LogP contribution in [-0.2, 0) is 10.0 Å². The Hall–Kier alpha value is -3.44. The van der Waals surface area contributed by atoms with Crippen molar-refractivity contribution < 1.29 is 17.9 Å². The number of pyridine rings is 1. The van der Waals surface area contributed by atoms with Crippen molar-refractivity contribution in [2.24, 2.45) is 0 Å². The lowest BCUT2D eigenvalue weighted by Crippen LogP contribution is -2.47. The lowest BCUT2D eigenvalue weighted by Gasteiger charge is -2.36. The van der Waals surface area contributed by atoms with Crippen LogP contribution >= 0.6 is 0 Å². The number of anilines is 2. The van der Waals surface area contributed by atoms with Gasteiger partial charge in [0, 0.05) is 63.1 Å². The van der Waals surface area contributed by atoms with Gasteiger partial charge in [-0.25, -0.2) is 13.4 Å². The van der Waals surface area contributed by atoms with Crippen molar-refractivity contribution in [3.05, 3.63) is 60.0 Å². The van der Waals surface area contributed by atoms with Crippen LogP contribution < -0.4 is 19.3 Å². The first-order valence-corrected chi connectivity index (χ1v) is 14.8. The van der Waals surface area contributed by atoms with Gasteiger partial charge in [-0.05, 0) is 62.1 Å². The van der Waals surface area contributed by atoms with Crippen LogP contribution in [0.5, 0.6) is 11.6 Å². The number of benzene rings is 1. The zero-order valence-corrected chi connectivity index (χ0v) is 23.6. The van der Waals surface area contributed by atoms with Crippen molar-refractivity contribution in [3.63, 3.8) is 0 Å². The largest absolute Gasteiger partial charge is 0.497 e. The third-order valence-corrected chi connectivity index (χ3v) is 9.70. The lowest BCUT2D eigenvalue weighted by atomic mass is 10.1. The van der Waals surface area contributed by atoms with E-state index < -0.39 is 10.0 Å². The standard InChI is InChI=1S/C28H36N6O4S/c1-21-18-25(37-3)19-22(2)27(21)39(35,36)34-13-5-4-6-24(34)20-38-26-9-12-30-28(31-26)33-16-14-32(15-17-33)23-7-10-29-11-8-23/h7-12,18-19,24H,4-6,13-17,20H2,1-3H3. The number of rotatable bonds is 8. The van der Waals surface area contributed by atoms with Crippen molar-refractivity contribution in [2.75, 3.05) is 56.2 Å². The summed E-state index contributed by atoms with van der Waals surface area (Å²) in [6.45, 7) is 7.64. The van der Waals surface area contributed by atoms with Gasteiger partial charge < -0.3 is 19.3 Å². The fourth-order valence-corrected chi connectivity index (χ4v) is 7.57. The number of aryl methyl sites for hydroxylation is 2. The monoisotopic (exact) mass is 552 g/mol. The number of sulfonamides is 1. The molecule has 2 aromatic heterocycles. The van der Waals surface area contributed by atoms with Gasteiger partial charge in [0.15, 0.2) is 0 Å². The highest BCUT2D eigenvalue weighted by molar-refractivity contribution is 7.89. The molecule has 2 aliphatic heterocycles. The number of aromatic nitrogens is 3. The van der Waals surface area contributed by atoms with Crippen LogP contribution in [0.3, 0.4) is 0 Å². The molecule has 2 fully saturated rings. The van der Waals surface area contributed by atoms with Crippen molar-refractivity contribution in [2.45, 2.75) is 44.0 Å². The summed E-state index contributed by atoms with van der Waals surface area (Å²) in [5, 5.41) is 0. The van der Waals surface area contributed by atoms with Crippen LogP contribution in [0.2, 0.25) is 0 Å². The summed E-state index contributed by atoms with van der Waals surface area (Å²) in [6, 6.07) is 9.05. The van der Waals surface area contributed by atoms with E-state index in [1.165, 1.54) is 0 Å². The SMILES string of the molecule is COc1cc(C)c(S(=O)(=O)N2CCCCC2COc2ccnc(N3CCN(c4ccncc4)CC3)n2)c(C)c1. The highest BCUT2D eigenvalue weighted by Crippen LogP contribution is 2.32. The molecular weight excluding hydrogens is 516 g/mol. The topological polar surface area (TPSA) is 101 Å². The van der Waals surface area contributed by atoms with Crippen molar-refractivity contribution in [3.8, 4) is 11.6 Å². The molecule has 5 rings (SSSR count). The van der Waals surface area contributed by atoms with Crippen LogP contribution in [0.4, 0.5) is 11.6 Å². The van der Waals surface area contributed by atoms with E-state index >= 15 is 0 Å². The number of hydrogen-bond acceptors (Lipinski definition) is 9. The summed E-state index contributed by atoms with van der Waals surface area (Å²) >= 11 is 0. The molecule has 3 aromatic rings. The minimum atomic E-state index is -3.71. The molecule has 1 aromatic carbocycles. The van der Waals surface area contributed by atoms with E-state index in [9.17, 15) is 8.42 Å². The van der Waals surface area contributed by atoms with E-state index in [1.807, 2.05) is 38.4 Å². The summed E-state index contributed by atoms with van der Waals surface area (Å²) < 4.78 is 40.7. The predicted octanol–water partition coefficient (Wildman–Crippen LogP) is 3.45. The number of hydrogen-bond donors (Lipinski definition) is 0. The number of nitrogens with zero attached hydrogens (tertiary/aromatic N) is 6. The second kappa shape index (κ2) is 11.7. The molecule has 4 heterocycles. The maximum Gasteiger partial charge on any atom is 0.243 e. The molecule has 1 atom stereocenters. The maximum atomic E-state index is 13.8. The van der Waals surface area contributed by atoms with E-state index in [4.69, 9.17) is 9.47 Å². The summed E-state index contributed by atoms with van der Waals surface area (Å²) in [6.07, 6.45) is 7.84. The highest BCUT2D eigenvalue weighted by atomic mass is 32.2. The van der Waals surface area contributed by atoms with E-state index in [0.717, 1.165) is 51.1 Å². The van der Waals surface area contributed by atoms with Gasteiger partial charge in [0.25, 0.3) is 0 Å². The van der Waals surface area contributed by atoms with Gasteiger partial charge in [0.1, 0.15) is 12.4 Å². The van der Waals surface area contributed by atoms with Crippen molar-refractivity contribution in [1.29, 1.82) is 0 Å². The molecule has 0 radical (unpaired) electrons. The normalized spacial score (nSPS) is 18.7. The molecule has 0 bridgehead atoms. The Kier molecular flexibility index (Phi) is 8.18.